The average Bonchev–Trinajstić information content (AvgIpc) is 2.82. The highest BCUT2D eigenvalue weighted by Crippen LogP contribution is 2.24. The van der Waals surface area contributed by atoms with Crippen LogP contribution in [0.5, 0.6) is 11.5 Å². The van der Waals surface area contributed by atoms with E-state index in [1.807, 2.05) is 11.9 Å². The Kier molecular flexibility index (Phi) is 10.8. The lowest BCUT2D eigenvalue weighted by atomic mass is 10.2. The summed E-state index contributed by atoms with van der Waals surface area (Å²) in [6.07, 6.45) is -8.31. The standard InChI is InChI=1S/C25H29F6N3O4/c1-32(14-4-16-33(2)22(35)18-6-10-20(11-7-18)37-24(26,27)28)15-5-17-34(3)23(36)19-8-12-21(13-9-19)38-25(29,30)31/h6-13H,4-5,14-17H2,1-3H3. The molecule has 2 aromatic carbocycles. The Hall–Kier alpha value is -3.48. The van der Waals surface area contributed by atoms with Gasteiger partial charge in [0, 0.05) is 38.3 Å². The van der Waals surface area contributed by atoms with Crippen molar-refractivity contribution in [1.29, 1.82) is 0 Å². The molecule has 7 nitrogen and oxygen atoms in total. The van der Waals surface area contributed by atoms with E-state index in [-0.39, 0.29) is 22.9 Å². The second-order valence-corrected chi connectivity index (χ2v) is 8.61. The van der Waals surface area contributed by atoms with Crippen molar-refractivity contribution in [1.82, 2.24) is 14.7 Å². The molecule has 0 bridgehead atoms. The summed E-state index contributed by atoms with van der Waals surface area (Å²) in [5, 5.41) is 0. The number of hydrogen-bond acceptors (Lipinski definition) is 5. The van der Waals surface area contributed by atoms with Gasteiger partial charge >= 0.3 is 12.7 Å². The maximum Gasteiger partial charge on any atom is 0.573 e. The minimum absolute atomic E-state index is 0.241. The highest BCUT2D eigenvalue weighted by molar-refractivity contribution is 5.94. The molecule has 0 unspecified atom stereocenters. The molecule has 2 rings (SSSR count). The van der Waals surface area contributed by atoms with Crippen molar-refractivity contribution in [2.75, 3.05) is 47.3 Å². The molecule has 2 amide bonds. The molecule has 0 radical (unpaired) electrons. The number of halogens is 6. The van der Waals surface area contributed by atoms with Gasteiger partial charge < -0.3 is 24.2 Å². The molecule has 0 fully saturated rings. The van der Waals surface area contributed by atoms with Crippen LogP contribution in [0.25, 0.3) is 0 Å². The van der Waals surface area contributed by atoms with Crippen LogP contribution in [0.4, 0.5) is 26.3 Å². The Labute approximate surface area is 216 Å². The van der Waals surface area contributed by atoms with E-state index < -0.39 is 24.2 Å². The van der Waals surface area contributed by atoms with Gasteiger partial charge in [0.25, 0.3) is 11.8 Å². The first kappa shape index (κ1) is 30.7. The van der Waals surface area contributed by atoms with Gasteiger partial charge in [0.15, 0.2) is 0 Å². The zero-order valence-corrected chi connectivity index (χ0v) is 21.1. The molecule has 13 heteroatoms. The van der Waals surface area contributed by atoms with E-state index in [1.165, 1.54) is 34.1 Å². The van der Waals surface area contributed by atoms with Crippen LogP contribution in [0, 0.1) is 0 Å². The van der Waals surface area contributed by atoms with E-state index in [1.54, 1.807) is 14.1 Å². The van der Waals surface area contributed by atoms with E-state index in [0.29, 0.717) is 39.0 Å². The van der Waals surface area contributed by atoms with Gasteiger partial charge in [-0.15, -0.1) is 26.3 Å². The van der Waals surface area contributed by atoms with Gasteiger partial charge in [-0.2, -0.15) is 0 Å². The maximum atomic E-state index is 12.5. The summed E-state index contributed by atoms with van der Waals surface area (Å²) >= 11 is 0. The number of benzene rings is 2. The van der Waals surface area contributed by atoms with E-state index >= 15 is 0 Å². The number of nitrogens with zero attached hydrogens (tertiary/aromatic N) is 3. The molecule has 2 aromatic rings. The topological polar surface area (TPSA) is 62.3 Å². The second kappa shape index (κ2) is 13.4. The van der Waals surface area contributed by atoms with Crippen molar-refractivity contribution in [3.63, 3.8) is 0 Å². The molecule has 0 N–H and O–H groups in total. The van der Waals surface area contributed by atoms with Crippen LogP contribution >= 0.6 is 0 Å². The molecular weight excluding hydrogens is 520 g/mol. The predicted octanol–water partition coefficient (Wildman–Crippen LogP) is 5.04. The molecule has 0 aliphatic rings. The molecule has 0 aliphatic carbocycles. The molecule has 0 spiro atoms. The SMILES string of the molecule is CN(CCCN(C)C(=O)c1ccc(OC(F)(F)F)cc1)CCCN(C)C(=O)c1ccc(OC(F)(F)F)cc1. The number of rotatable bonds is 12. The lowest BCUT2D eigenvalue weighted by Gasteiger charge is -2.22. The zero-order valence-electron chi connectivity index (χ0n) is 21.1. The van der Waals surface area contributed by atoms with Crippen LogP contribution in [-0.4, -0.2) is 86.6 Å². The predicted molar refractivity (Wildman–Crippen MR) is 127 cm³/mol. The van der Waals surface area contributed by atoms with Gasteiger partial charge in [-0.05, 0) is 81.5 Å². The van der Waals surface area contributed by atoms with Gasteiger partial charge in [0.2, 0.25) is 0 Å². The van der Waals surface area contributed by atoms with Gasteiger partial charge in [-0.1, -0.05) is 0 Å². The maximum absolute atomic E-state index is 12.5. The van der Waals surface area contributed by atoms with Gasteiger partial charge in [0.05, 0.1) is 0 Å². The molecule has 0 aromatic heterocycles. The molecule has 0 heterocycles. The summed E-state index contributed by atoms with van der Waals surface area (Å²) in [5.74, 6) is -1.47. The largest absolute Gasteiger partial charge is 0.573 e. The quantitative estimate of drug-likeness (QED) is 0.347. The summed E-state index contributed by atoms with van der Waals surface area (Å²) in [5.41, 5.74) is 0.483. The lowest BCUT2D eigenvalue weighted by molar-refractivity contribution is -0.275. The van der Waals surface area contributed by atoms with Crippen LogP contribution in [0.1, 0.15) is 33.6 Å². The molecule has 0 aliphatic heterocycles. The summed E-state index contributed by atoms with van der Waals surface area (Å²) in [6.45, 7) is 2.18. The summed E-state index contributed by atoms with van der Waals surface area (Å²) in [7, 11) is 5.10. The smallest absolute Gasteiger partial charge is 0.406 e. The molecule has 210 valence electrons. The summed E-state index contributed by atoms with van der Waals surface area (Å²) in [6, 6.07) is 9.43. The number of hydrogen-bond donors (Lipinski definition) is 0. The Morgan fingerprint density at radius 3 is 1.21 bits per heavy atom. The fraction of sp³-hybridized carbons (Fsp3) is 0.440. The fourth-order valence-electron chi connectivity index (χ4n) is 3.51. The average molecular weight is 550 g/mol. The Morgan fingerprint density at radius 1 is 0.605 bits per heavy atom. The number of carbonyl (C=O) groups is 2. The number of amides is 2. The molecule has 38 heavy (non-hydrogen) atoms. The van der Waals surface area contributed by atoms with Crippen LogP contribution in [-0.2, 0) is 0 Å². The van der Waals surface area contributed by atoms with Gasteiger partial charge in [-0.3, -0.25) is 9.59 Å². The second-order valence-electron chi connectivity index (χ2n) is 8.61. The highest BCUT2D eigenvalue weighted by Gasteiger charge is 2.31. The number of alkyl halides is 6. The minimum atomic E-state index is -4.80. The van der Waals surface area contributed by atoms with Crippen molar-refractivity contribution < 1.29 is 45.4 Å². The van der Waals surface area contributed by atoms with E-state index in [0.717, 1.165) is 24.3 Å². The van der Waals surface area contributed by atoms with E-state index in [4.69, 9.17) is 0 Å². The summed E-state index contributed by atoms with van der Waals surface area (Å²) < 4.78 is 81.1. The monoisotopic (exact) mass is 549 g/mol. The first-order chi connectivity index (χ1) is 17.6. The van der Waals surface area contributed by atoms with Crippen molar-refractivity contribution >= 4 is 11.8 Å². The summed E-state index contributed by atoms with van der Waals surface area (Å²) in [4.78, 5) is 29.9. The van der Waals surface area contributed by atoms with Gasteiger partial charge in [0.1, 0.15) is 11.5 Å². The Bertz CT molecular complexity index is 960. The van der Waals surface area contributed by atoms with Crippen LogP contribution in [0.15, 0.2) is 48.5 Å². The normalized spacial score (nSPS) is 11.8. The third-order valence-corrected chi connectivity index (χ3v) is 5.43. The van der Waals surface area contributed by atoms with E-state index in [9.17, 15) is 35.9 Å². The minimum Gasteiger partial charge on any atom is -0.406 e. The Balaban J connectivity index is 1.69. The van der Waals surface area contributed by atoms with Crippen LogP contribution in [0.2, 0.25) is 0 Å². The molecule has 0 saturated heterocycles. The first-order valence-electron chi connectivity index (χ1n) is 11.6. The van der Waals surface area contributed by atoms with Crippen molar-refractivity contribution in [2.24, 2.45) is 0 Å². The highest BCUT2D eigenvalue weighted by atomic mass is 19.4. The van der Waals surface area contributed by atoms with Gasteiger partial charge in [-0.25, -0.2) is 0 Å². The first-order valence-corrected chi connectivity index (χ1v) is 11.6. The van der Waals surface area contributed by atoms with Crippen molar-refractivity contribution in [3.8, 4) is 11.5 Å². The third kappa shape index (κ3) is 10.9. The third-order valence-electron chi connectivity index (χ3n) is 5.43. The lowest BCUT2D eigenvalue weighted by Crippen LogP contribution is -2.32. The Morgan fingerprint density at radius 2 is 0.921 bits per heavy atom. The number of ether oxygens (including phenoxy) is 2. The van der Waals surface area contributed by atoms with E-state index in [2.05, 4.69) is 9.47 Å². The van der Waals surface area contributed by atoms with Crippen molar-refractivity contribution in [2.45, 2.75) is 25.6 Å². The van der Waals surface area contributed by atoms with Crippen LogP contribution < -0.4 is 9.47 Å². The van der Waals surface area contributed by atoms with Crippen LogP contribution in [0.3, 0.4) is 0 Å². The molecule has 0 atom stereocenters. The molecule has 0 saturated carbocycles. The fourth-order valence-corrected chi connectivity index (χ4v) is 3.51. The molecular formula is C25H29F6N3O4. The number of carbonyl (C=O) groups excluding carboxylic acids is 2. The zero-order chi connectivity index (χ0) is 28.5. The van der Waals surface area contributed by atoms with Crippen molar-refractivity contribution in [3.05, 3.63) is 59.7 Å².